The Hall–Kier alpha value is -3.17. The lowest BCUT2D eigenvalue weighted by atomic mass is 10.0. The number of amides is 1. The molecule has 0 fully saturated rings. The van der Waals surface area contributed by atoms with Crippen molar-refractivity contribution in [2.24, 2.45) is 0 Å². The van der Waals surface area contributed by atoms with E-state index in [0.717, 1.165) is 60.3 Å². The van der Waals surface area contributed by atoms with E-state index >= 15 is 0 Å². The predicted molar refractivity (Wildman–Crippen MR) is 131 cm³/mol. The number of benzene rings is 3. The molecule has 0 spiro atoms. The zero-order valence-electron chi connectivity index (χ0n) is 18.4. The van der Waals surface area contributed by atoms with Gasteiger partial charge in [0, 0.05) is 24.3 Å². The topological polar surface area (TPSA) is 23.6 Å². The molecule has 0 bridgehead atoms. The summed E-state index contributed by atoms with van der Waals surface area (Å²) in [5, 5.41) is 0. The SMILES string of the molecule is CN(C)CC=Cc1ccc2c(c1)N(C(=O)c1ccc(-c3ccccc3)cc1)CCCC2. The molecule has 3 aromatic rings. The highest BCUT2D eigenvalue weighted by Crippen LogP contribution is 2.30. The Bertz CT molecular complexity index is 1050. The Morgan fingerprint density at radius 2 is 1.68 bits per heavy atom. The van der Waals surface area contributed by atoms with Gasteiger partial charge in [-0.05, 0) is 73.8 Å². The molecule has 158 valence electrons. The zero-order valence-corrected chi connectivity index (χ0v) is 18.4. The number of carbonyl (C=O) groups is 1. The first-order valence-electron chi connectivity index (χ1n) is 11.0. The van der Waals surface area contributed by atoms with Gasteiger partial charge in [-0.2, -0.15) is 0 Å². The Balaban J connectivity index is 1.60. The molecule has 31 heavy (non-hydrogen) atoms. The fraction of sp³-hybridized carbons (Fsp3) is 0.250. The lowest BCUT2D eigenvalue weighted by Crippen LogP contribution is -2.31. The van der Waals surface area contributed by atoms with Crippen LogP contribution in [-0.4, -0.2) is 38.0 Å². The van der Waals surface area contributed by atoms with Crippen LogP contribution >= 0.6 is 0 Å². The number of nitrogens with zero attached hydrogens (tertiary/aromatic N) is 2. The highest BCUT2D eigenvalue weighted by atomic mass is 16.2. The number of likely N-dealkylation sites (N-methyl/N-ethyl adjacent to an activating group) is 1. The largest absolute Gasteiger partial charge is 0.308 e. The van der Waals surface area contributed by atoms with Gasteiger partial charge in [0.25, 0.3) is 5.91 Å². The second-order valence-corrected chi connectivity index (χ2v) is 8.41. The number of aryl methyl sites for hydroxylation is 1. The highest BCUT2D eigenvalue weighted by molar-refractivity contribution is 6.07. The second-order valence-electron chi connectivity index (χ2n) is 8.41. The van der Waals surface area contributed by atoms with Crippen LogP contribution < -0.4 is 4.90 Å². The van der Waals surface area contributed by atoms with Gasteiger partial charge in [-0.3, -0.25) is 4.79 Å². The maximum absolute atomic E-state index is 13.5. The summed E-state index contributed by atoms with van der Waals surface area (Å²) < 4.78 is 0. The molecule has 3 heteroatoms. The van der Waals surface area contributed by atoms with E-state index in [1.807, 2.05) is 47.4 Å². The Labute approximate surface area is 185 Å². The Morgan fingerprint density at radius 1 is 0.935 bits per heavy atom. The van der Waals surface area contributed by atoms with Crippen molar-refractivity contribution in [3.63, 3.8) is 0 Å². The summed E-state index contributed by atoms with van der Waals surface area (Å²) in [5.41, 5.74) is 6.48. The van der Waals surface area contributed by atoms with Crippen LogP contribution in [0, 0.1) is 0 Å². The minimum absolute atomic E-state index is 0.0807. The minimum Gasteiger partial charge on any atom is -0.308 e. The molecule has 0 saturated carbocycles. The van der Waals surface area contributed by atoms with E-state index in [4.69, 9.17) is 0 Å². The van der Waals surface area contributed by atoms with E-state index < -0.39 is 0 Å². The molecule has 0 aliphatic carbocycles. The fourth-order valence-electron chi connectivity index (χ4n) is 4.06. The van der Waals surface area contributed by atoms with E-state index in [1.54, 1.807) is 0 Å². The van der Waals surface area contributed by atoms with Crippen molar-refractivity contribution in [2.75, 3.05) is 32.1 Å². The maximum Gasteiger partial charge on any atom is 0.258 e. The molecular weight excluding hydrogens is 380 g/mol. The molecule has 0 radical (unpaired) electrons. The molecule has 1 amide bonds. The summed E-state index contributed by atoms with van der Waals surface area (Å²) in [6.07, 6.45) is 7.46. The summed E-state index contributed by atoms with van der Waals surface area (Å²) in [5.74, 6) is 0.0807. The molecule has 1 aliphatic heterocycles. The van der Waals surface area contributed by atoms with Crippen LogP contribution in [0.5, 0.6) is 0 Å². The van der Waals surface area contributed by atoms with Crippen LogP contribution in [0.1, 0.15) is 34.3 Å². The van der Waals surface area contributed by atoms with Gasteiger partial charge < -0.3 is 9.80 Å². The lowest BCUT2D eigenvalue weighted by Gasteiger charge is -2.24. The average Bonchev–Trinajstić information content (AvgIpc) is 3.01. The van der Waals surface area contributed by atoms with Crippen LogP contribution in [0.15, 0.2) is 78.9 Å². The van der Waals surface area contributed by atoms with Crippen LogP contribution in [0.4, 0.5) is 5.69 Å². The quantitative estimate of drug-likeness (QED) is 0.522. The van der Waals surface area contributed by atoms with E-state index in [-0.39, 0.29) is 5.91 Å². The summed E-state index contributed by atoms with van der Waals surface area (Å²) >= 11 is 0. The normalized spacial score (nSPS) is 14.0. The first-order valence-corrected chi connectivity index (χ1v) is 11.0. The summed E-state index contributed by atoms with van der Waals surface area (Å²) in [4.78, 5) is 17.6. The first kappa shape index (κ1) is 21.1. The molecule has 0 N–H and O–H groups in total. The third-order valence-electron chi connectivity index (χ3n) is 5.74. The molecule has 0 atom stereocenters. The van der Waals surface area contributed by atoms with Gasteiger partial charge in [0.1, 0.15) is 0 Å². The van der Waals surface area contributed by atoms with Crippen molar-refractivity contribution in [1.29, 1.82) is 0 Å². The molecule has 3 nitrogen and oxygen atoms in total. The zero-order chi connectivity index (χ0) is 21.6. The summed E-state index contributed by atoms with van der Waals surface area (Å²) in [7, 11) is 4.12. The predicted octanol–water partition coefficient (Wildman–Crippen LogP) is 5.91. The molecule has 3 aromatic carbocycles. The van der Waals surface area contributed by atoms with Gasteiger partial charge in [-0.25, -0.2) is 0 Å². The molecule has 0 unspecified atom stereocenters. The number of fused-ring (bicyclic) bond motifs is 1. The van der Waals surface area contributed by atoms with Crippen LogP contribution in [0.25, 0.3) is 17.2 Å². The average molecular weight is 411 g/mol. The van der Waals surface area contributed by atoms with Gasteiger partial charge >= 0.3 is 0 Å². The molecule has 0 saturated heterocycles. The van der Waals surface area contributed by atoms with Crippen molar-refractivity contribution < 1.29 is 4.79 Å². The second kappa shape index (κ2) is 9.76. The van der Waals surface area contributed by atoms with Gasteiger partial charge in [-0.15, -0.1) is 0 Å². The van der Waals surface area contributed by atoms with Crippen LogP contribution in [-0.2, 0) is 6.42 Å². The monoisotopic (exact) mass is 410 g/mol. The van der Waals surface area contributed by atoms with E-state index in [9.17, 15) is 4.79 Å². The fourth-order valence-corrected chi connectivity index (χ4v) is 4.06. The molecule has 1 heterocycles. The highest BCUT2D eigenvalue weighted by Gasteiger charge is 2.22. The summed E-state index contributed by atoms with van der Waals surface area (Å²) in [6.45, 7) is 1.66. The Morgan fingerprint density at radius 3 is 2.42 bits per heavy atom. The van der Waals surface area contributed by atoms with Gasteiger partial charge in [0.2, 0.25) is 0 Å². The maximum atomic E-state index is 13.5. The smallest absolute Gasteiger partial charge is 0.258 e. The number of carbonyl (C=O) groups excluding carboxylic acids is 1. The molecule has 0 aromatic heterocycles. The number of hydrogen-bond acceptors (Lipinski definition) is 2. The van der Waals surface area contributed by atoms with Crippen LogP contribution in [0.3, 0.4) is 0 Å². The molecule has 4 rings (SSSR count). The van der Waals surface area contributed by atoms with E-state index in [1.165, 1.54) is 5.56 Å². The van der Waals surface area contributed by atoms with Crippen molar-refractivity contribution in [3.8, 4) is 11.1 Å². The van der Waals surface area contributed by atoms with Crippen LogP contribution in [0.2, 0.25) is 0 Å². The summed E-state index contributed by atoms with van der Waals surface area (Å²) in [6, 6.07) is 24.8. The van der Waals surface area contributed by atoms with Gasteiger partial charge in [0.15, 0.2) is 0 Å². The minimum atomic E-state index is 0.0807. The third kappa shape index (κ3) is 5.12. The van der Waals surface area contributed by atoms with Crippen molar-refractivity contribution in [1.82, 2.24) is 4.90 Å². The molecular formula is C28H30N2O. The number of hydrogen-bond donors (Lipinski definition) is 0. The van der Waals surface area contributed by atoms with Crippen molar-refractivity contribution in [3.05, 3.63) is 95.6 Å². The molecule has 1 aliphatic rings. The van der Waals surface area contributed by atoms with E-state index in [2.05, 4.69) is 61.5 Å². The third-order valence-corrected chi connectivity index (χ3v) is 5.74. The standard InChI is InChI=1S/C28H30N2O/c1-29(2)19-8-9-22-13-14-25-12-6-7-20-30(27(25)21-22)28(31)26-17-15-24(16-18-26)23-10-4-3-5-11-23/h3-5,8-11,13-18,21H,6-7,12,19-20H2,1-2H3. The van der Waals surface area contributed by atoms with Crippen molar-refractivity contribution in [2.45, 2.75) is 19.3 Å². The lowest BCUT2D eigenvalue weighted by molar-refractivity contribution is 0.0987. The first-order chi connectivity index (χ1) is 15.1. The number of anilines is 1. The van der Waals surface area contributed by atoms with Crippen molar-refractivity contribution >= 4 is 17.7 Å². The Kier molecular flexibility index (Phi) is 6.63. The van der Waals surface area contributed by atoms with Gasteiger partial charge in [0.05, 0.1) is 0 Å². The van der Waals surface area contributed by atoms with E-state index in [0.29, 0.717) is 0 Å². The van der Waals surface area contributed by atoms with Gasteiger partial charge in [-0.1, -0.05) is 66.7 Å². The number of rotatable bonds is 5.